The van der Waals surface area contributed by atoms with E-state index in [-0.39, 0.29) is 17.3 Å². The normalized spacial score (nSPS) is 11.2. The summed E-state index contributed by atoms with van der Waals surface area (Å²) < 4.78 is 19.2. The zero-order chi connectivity index (χ0) is 18.0. The average Bonchev–Trinajstić information content (AvgIpc) is 2.92. The molecule has 0 saturated heterocycles. The van der Waals surface area contributed by atoms with Crippen molar-refractivity contribution in [2.75, 3.05) is 14.1 Å². The van der Waals surface area contributed by atoms with Gasteiger partial charge in [0, 0.05) is 24.0 Å². The molecule has 0 aliphatic heterocycles. The van der Waals surface area contributed by atoms with Crippen molar-refractivity contribution in [3.05, 3.63) is 70.7 Å². The Balaban J connectivity index is 1.71. The summed E-state index contributed by atoms with van der Waals surface area (Å²) in [5.74, 6) is -0.647. The molecule has 1 aromatic heterocycles. The van der Waals surface area contributed by atoms with Crippen LogP contribution in [0.1, 0.15) is 27.2 Å². The Bertz CT molecular complexity index is 898. The third-order valence-electron chi connectivity index (χ3n) is 4.10. The molecule has 5 heteroatoms. The van der Waals surface area contributed by atoms with E-state index in [0.717, 1.165) is 12.1 Å². The number of nitrogens with one attached hydrogen (secondary N) is 1. The summed E-state index contributed by atoms with van der Waals surface area (Å²) in [5.41, 5.74) is 2.98. The molecule has 3 rings (SSSR count). The molecule has 1 N–H and O–H groups in total. The van der Waals surface area contributed by atoms with Gasteiger partial charge in [0.15, 0.2) is 17.2 Å². The molecule has 0 unspecified atom stereocenters. The van der Waals surface area contributed by atoms with Crippen molar-refractivity contribution in [3.8, 4) is 0 Å². The molecule has 3 aromatic rings. The van der Waals surface area contributed by atoms with Gasteiger partial charge in [-0.3, -0.25) is 4.79 Å². The Morgan fingerprint density at radius 3 is 2.44 bits per heavy atom. The third kappa shape index (κ3) is 3.72. The number of halogens is 1. The van der Waals surface area contributed by atoms with Crippen LogP contribution in [-0.4, -0.2) is 24.9 Å². The number of para-hydroxylation sites is 1. The number of fused-ring (bicyclic) bond motifs is 1. The highest BCUT2D eigenvalue weighted by molar-refractivity contribution is 5.98. The number of aryl methyl sites for hydroxylation is 1. The van der Waals surface area contributed by atoms with Gasteiger partial charge in [-0.05, 0) is 38.2 Å². The van der Waals surface area contributed by atoms with Gasteiger partial charge < -0.3 is 14.6 Å². The minimum atomic E-state index is -0.462. The van der Waals surface area contributed by atoms with Crippen molar-refractivity contribution in [1.82, 2.24) is 10.2 Å². The van der Waals surface area contributed by atoms with Gasteiger partial charge in [-0.2, -0.15) is 0 Å². The molecule has 2 aromatic carbocycles. The summed E-state index contributed by atoms with van der Waals surface area (Å²) >= 11 is 0. The summed E-state index contributed by atoms with van der Waals surface area (Å²) in [7, 11) is 4.04. The fraction of sp³-hybridized carbons (Fsp3) is 0.250. The van der Waals surface area contributed by atoms with Crippen molar-refractivity contribution in [3.63, 3.8) is 0 Å². The van der Waals surface area contributed by atoms with Crippen LogP contribution in [-0.2, 0) is 13.1 Å². The van der Waals surface area contributed by atoms with E-state index in [9.17, 15) is 9.18 Å². The first-order chi connectivity index (χ1) is 12.0. The number of rotatable bonds is 5. The van der Waals surface area contributed by atoms with Crippen molar-refractivity contribution in [2.45, 2.75) is 20.0 Å². The zero-order valence-electron chi connectivity index (χ0n) is 14.6. The van der Waals surface area contributed by atoms with Crippen LogP contribution in [0.15, 0.2) is 46.9 Å². The van der Waals surface area contributed by atoms with Gasteiger partial charge in [-0.15, -0.1) is 0 Å². The largest absolute Gasteiger partial charge is 0.448 e. The van der Waals surface area contributed by atoms with Crippen LogP contribution in [0, 0.1) is 12.7 Å². The molecule has 25 heavy (non-hydrogen) atoms. The maximum atomic E-state index is 13.8. The molecule has 1 amide bonds. The Hall–Kier alpha value is -2.66. The van der Waals surface area contributed by atoms with Crippen LogP contribution in [0.2, 0.25) is 0 Å². The first-order valence-electron chi connectivity index (χ1n) is 8.14. The number of hydrogen-bond acceptors (Lipinski definition) is 3. The minimum absolute atomic E-state index is 0.123. The van der Waals surface area contributed by atoms with Crippen LogP contribution >= 0.6 is 0 Å². The number of hydrogen-bond donors (Lipinski definition) is 1. The van der Waals surface area contributed by atoms with Crippen molar-refractivity contribution in [2.24, 2.45) is 0 Å². The van der Waals surface area contributed by atoms with Crippen LogP contribution < -0.4 is 5.32 Å². The highest BCUT2D eigenvalue weighted by atomic mass is 19.1. The van der Waals surface area contributed by atoms with Crippen molar-refractivity contribution < 1.29 is 13.6 Å². The van der Waals surface area contributed by atoms with E-state index in [0.29, 0.717) is 17.5 Å². The highest BCUT2D eigenvalue weighted by Crippen LogP contribution is 2.27. The van der Waals surface area contributed by atoms with Gasteiger partial charge in [0.25, 0.3) is 5.91 Å². The van der Waals surface area contributed by atoms with Gasteiger partial charge >= 0.3 is 0 Å². The lowest BCUT2D eigenvalue weighted by Crippen LogP contribution is -2.23. The summed E-state index contributed by atoms with van der Waals surface area (Å²) in [6.07, 6.45) is 0. The zero-order valence-corrected chi connectivity index (χ0v) is 14.6. The van der Waals surface area contributed by atoms with Crippen molar-refractivity contribution >= 4 is 16.9 Å². The Labute approximate surface area is 146 Å². The number of carbonyl (C=O) groups is 1. The van der Waals surface area contributed by atoms with E-state index >= 15 is 0 Å². The quantitative estimate of drug-likeness (QED) is 0.767. The number of carbonyl (C=O) groups excluding carboxylic acids is 1. The number of nitrogens with zero attached hydrogens (tertiary/aromatic N) is 1. The summed E-state index contributed by atoms with van der Waals surface area (Å²) in [6.45, 7) is 3.02. The van der Waals surface area contributed by atoms with Crippen LogP contribution in [0.25, 0.3) is 11.0 Å². The van der Waals surface area contributed by atoms with Gasteiger partial charge in [-0.25, -0.2) is 4.39 Å². The van der Waals surface area contributed by atoms with Crippen molar-refractivity contribution in [1.29, 1.82) is 0 Å². The molecule has 0 aliphatic rings. The average molecular weight is 340 g/mol. The molecule has 0 saturated carbocycles. The molecule has 0 bridgehead atoms. The van der Waals surface area contributed by atoms with E-state index in [1.54, 1.807) is 19.1 Å². The Morgan fingerprint density at radius 2 is 1.80 bits per heavy atom. The smallest absolute Gasteiger partial charge is 0.287 e. The lowest BCUT2D eigenvalue weighted by Gasteiger charge is -2.10. The van der Waals surface area contributed by atoms with E-state index < -0.39 is 5.82 Å². The standard InChI is InChI=1S/C20H21FN2O2/c1-13-16-5-4-6-17(21)19(16)25-18(13)20(24)22-11-14-7-9-15(10-8-14)12-23(2)3/h4-10H,11-12H2,1-3H3,(H,22,24). The van der Waals surface area contributed by atoms with Crippen LogP contribution in [0.4, 0.5) is 4.39 Å². The monoisotopic (exact) mass is 340 g/mol. The van der Waals surface area contributed by atoms with Gasteiger partial charge in [0.2, 0.25) is 0 Å². The lowest BCUT2D eigenvalue weighted by molar-refractivity contribution is 0.0924. The molecule has 0 aliphatic carbocycles. The van der Waals surface area contributed by atoms with E-state index in [1.807, 2.05) is 38.4 Å². The molecule has 0 fully saturated rings. The van der Waals surface area contributed by atoms with Gasteiger partial charge in [-0.1, -0.05) is 36.4 Å². The topological polar surface area (TPSA) is 45.5 Å². The predicted molar refractivity (Wildman–Crippen MR) is 95.9 cm³/mol. The Kier molecular flexibility index (Phi) is 4.86. The SMILES string of the molecule is Cc1c(C(=O)NCc2ccc(CN(C)C)cc2)oc2c(F)cccc12. The molecule has 1 heterocycles. The molecular formula is C20H21FN2O2. The molecular weight excluding hydrogens is 319 g/mol. The summed E-state index contributed by atoms with van der Waals surface area (Å²) in [5, 5.41) is 3.45. The molecule has 0 spiro atoms. The fourth-order valence-electron chi connectivity index (χ4n) is 2.82. The fourth-order valence-corrected chi connectivity index (χ4v) is 2.82. The molecule has 0 atom stereocenters. The second kappa shape index (κ2) is 7.07. The third-order valence-corrected chi connectivity index (χ3v) is 4.10. The number of amides is 1. The lowest BCUT2D eigenvalue weighted by atomic mass is 10.1. The first kappa shape index (κ1) is 17.2. The van der Waals surface area contributed by atoms with Gasteiger partial charge in [0.1, 0.15) is 0 Å². The summed E-state index contributed by atoms with van der Waals surface area (Å²) in [4.78, 5) is 14.5. The van der Waals surface area contributed by atoms with E-state index in [2.05, 4.69) is 10.2 Å². The second-order valence-corrected chi connectivity index (χ2v) is 6.41. The first-order valence-corrected chi connectivity index (χ1v) is 8.14. The Morgan fingerprint density at radius 1 is 1.12 bits per heavy atom. The summed E-state index contributed by atoms with van der Waals surface area (Å²) in [6, 6.07) is 12.7. The van der Waals surface area contributed by atoms with Gasteiger partial charge in [0.05, 0.1) is 0 Å². The molecule has 130 valence electrons. The minimum Gasteiger partial charge on any atom is -0.448 e. The van der Waals surface area contributed by atoms with E-state index in [1.165, 1.54) is 11.6 Å². The molecule has 0 radical (unpaired) electrons. The maximum absolute atomic E-state index is 13.8. The number of furan rings is 1. The van der Waals surface area contributed by atoms with E-state index in [4.69, 9.17) is 4.42 Å². The van der Waals surface area contributed by atoms with Crippen LogP contribution in [0.5, 0.6) is 0 Å². The maximum Gasteiger partial charge on any atom is 0.287 e. The number of benzene rings is 2. The van der Waals surface area contributed by atoms with Crippen LogP contribution in [0.3, 0.4) is 0 Å². The molecule has 4 nitrogen and oxygen atoms in total. The second-order valence-electron chi connectivity index (χ2n) is 6.41. The predicted octanol–water partition coefficient (Wildman–Crippen LogP) is 3.87. The highest BCUT2D eigenvalue weighted by Gasteiger charge is 2.19.